The molecule has 1 saturated heterocycles. The Morgan fingerprint density at radius 3 is 2.26 bits per heavy atom. The second kappa shape index (κ2) is 11.1. The first-order valence-corrected chi connectivity index (χ1v) is 15.2. The number of hydrogen-bond acceptors (Lipinski definition) is 10. The number of phenolic OH excluding ortho intramolecular Hbond substituents is 1. The van der Waals surface area contributed by atoms with Crippen molar-refractivity contribution in [3.8, 4) is 5.75 Å². The standard InChI is InChI=1S/C32H44N4O7/c1-15(2)16-7-9-36(10-8-16)14-18-13-21(37)23-19(25(18)34(3)4)11-17-12-20-26(35(5)6)28(39)24(31(33)42)30(41)32(20,43)29(40)22(17)27(23)38/h13,15-17,20,22,24,26,37,43H,7-12,14H2,1-6H3,(H2,33,42)/t17-,20-,22?,24?,26-,32-/m0/s1. The average molecular weight is 597 g/mol. The summed E-state index contributed by atoms with van der Waals surface area (Å²) in [6, 6.07) is 0.477. The van der Waals surface area contributed by atoms with Crippen molar-refractivity contribution < 1.29 is 34.2 Å². The third-order valence-electron chi connectivity index (χ3n) is 10.5. The Bertz CT molecular complexity index is 1380. The molecule has 0 aromatic heterocycles. The van der Waals surface area contributed by atoms with Gasteiger partial charge < -0.3 is 20.8 Å². The molecule has 1 aromatic carbocycles. The van der Waals surface area contributed by atoms with Gasteiger partial charge in [-0.25, -0.2) is 0 Å². The number of aliphatic hydroxyl groups is 1. The number of likely N-dealkylation sites (tertiary alicyclic amines) is 1. The van der Waals surface area contributed by atoms with E-state index in [4.69, 9.17) is 5.73 Å². The second-order valence-corrected chi connectivity index (χ2v) is 13.8. The predicted octanol–water partition coefficient (Wildman–Crippen LogP) is 0.801. The number of likely N-dealkylation sites (N-methyl/N-ethyl adjacent to an activating group) is 1. The maximum Gasteiger partial charge on any atom is 0.235 e. The molecule has 2 saturated carbocycles. The van der Waals surface area contributed by atoms with Crippen LogP contribution in [-0.4, -0.2) is 102 Å². The number of carbonyl (C=O) groups excluding carboxylic acids is 5. The van der Waals surface area contributed by atoms with Gasteiger partial charge in [0.25, 0.3) is 0 Å². The molecule has 0 radical (unpaired) electrons. The van der Waals surface area contributed by atoms with E-state index in [1.165, 1.54) is 4.90 Å². The number of amides is 1. The quantitative estimate of drug-likeness (QED) is 0.401. The molecule has 1 heterocycles. The highest BCUT2D eigenvalue weighted by Gasteiger charge is 2.69. The van der Waals surface area contributed by atoms with Crippen LogP contribution in [0.25, 0.3) is 0 Å². The van der Waals surface area contributed by atoms with Crippen molar-refractivity contribution in [3.63, 3.8) is 0 Å². The zero-order chi connectivity index (χ0) is 31.7. The molecule has 4 N–H and O–H groups in total. The number of primary amides is 1. The van der Waals surface area contributed by atoms with Crippen LogP contribution < -0.4 is 10.6 Å². The van der Waals surface area contributed by atoms with Crippen molar-refractivity contribution in [2.45, 2.75) is 57.7 Å². The van der Waals surface area contributed by atoms with Crippen LogP contribution in [0.5, 0.6) is 5.75 Å². The van der Waals surface area contributed by atoms with E-state index in [2.05, 4.69) is 18.7 Å². The molecule has 0 spiro atoms. The maximum absolute atomic E-state index is 14.1. The summed E-state index contributed by atoms with van der Waals surface area (Å²) in [5, 5.41) is 23.0. The number of nitrogens with two attached hydrogens (primary N) is 1. The minimum absolute atomic E-state index is 0.0255. The number of carbonyl (C=O) groups is 5. The van der Waals surface area contributed by atoms with Gasteiger partial charge in [-0.1, -0.05) is 13.8 Å². The summed E-state index contributed by atoms with van der Waals surface area (Å²) in [4.78, 5) is 72.9. The highest BCUT2D eigenvalue weighted by atomic mass is 16.3. The van der Waals surface area contributed by atoms with Gasteiger partial charge in [0.05, 0.1) is 17.5 Å². The Morgan fingerprint density at radius 2 is 1.72 bits per heavy atom. The van der Waals surface area contributed by atoms with Gasteiger partial charge >= 0.3 is 0 Å². The highest BCUT2D eigenvalue weighted by Crippen LogP contribution is 2.52. The second-order valence-electron chi connectivity index (χ2n) is 13.8. The van der Waals surface area contributed by atoms with E-state index in [0.717, 1.165) is 37.2 Å². The average Bonchev–Trinajstić information content (AvgIpc) is 2.90. The van der Waals surface area contributed by atoms with Gasteiger partial charge in [-0.3, -0.25) is 33.8 Å². The van der Waals surface area contributed by atoms with Crippen molar-refractivity contribution in [1.82, 2.24) is 9.80 Å². The van der Waals surface area contributed by atoms with Gasteiger partial charge in [0, 0.05) is 32.2 Å². The highest BCUT2D eigenvalue weighted by molar-refractivity contribution is 6.32. The third-order valence-corrected chi connectivity index (χ3v) is 10.5. The first-order valence-electron chi connectivity index (χ1n) is 15.2. The van der Waals surface area contributed by atoms with Crippen LogP contribution in [0.1, 0.15) is 54.6 Å². The van der Waals surface area contributed by atoms with Crippen molar-refractivity contribution in [2.24, 2.45) is 41.2 Å². The first kappa shape index (κ1) is 31.3. The Balaban J connectivity index is 1.55. The molecule has 4 aliphatic rings. The molecule has 0 bridgehead atoms. The van der Waals surface area contributed by atoms with Crippen LogP contribution in [0.4, 0.5) is 5.69 Å². The van der Waals surface area contributed by atoms with Crippen LogP contribution in [0.2, 0.25) is 0 Å². The van der Waals surface area contributed by atoms with Gasteiger partial charge in [-0.15, -0.1) is 0 Å². The molecule has 43 heavy (non-hydrogen) atoms. The molecule has 11 nitrogen and oxygen atoms in total. The molecule has 234 valence electrons. The number of fused-ring (bicyclic) bond motifs is 3. The van der Waals surface area contributed by atoms with Crippen molar-refractivity contribution in [1.29, 1.82) is 0 Å². The zero-order valence-electron chi connectivity index (χ0n) is 25.9. The summed E-state index contributed by atoms with van der Waals surface area (Å²) in [5.74, 6) is -8.99. The van der Waals surface area contributed by atoms with E-state index in [-0.39, 0.29) is 24.2 Å². The molecule has 11 heteroatoms. The molecule has 1 aromatic rings. The third kappa shape index (κ3) is 4.80. The summed E-state index contributed by atoms with van der Waals surface area (Å²) in [5.41, 5.74) is 5.02. The lowest BCUT2D eigenvalue weighted by Gasteiger charge is -2.52. The number of hydrogen-bond donors (Lipinski definition) is 3. The van der Waals surface area contributed by atoms with E-state index in [1.807, 2.05) is 19.0 Å². The minimum Gasteiger partial charge on any atom is -0.507 e. The summed E-state index contributed by atoms with van der Waals surface area (Å²) in [6.07, 6.45) is 2.48. The van der Waals surface area contributed by atoms with Crippen LogP contribution in [-0.2, 0) is 32.1 Å². The summed E-state index contributed by atoms with van der Waals surface area (Å²) >= 11 is 0. The van der Waals surface area contributed by atoms with E-state index >= 15 is 0 Å². The smallest absolute Gasteiger partial charge is 0.235 e. The number of benzene rings is 1. The van der Waals surface area contributed by atoms with Gasteiger partial charge in [-0.05, 0) is 87.8 Å². The van der Waals surface area contributed by atoms with E-state index in [0.29, 0.717) is 23.9 Å². The topological polar surface area (TPSA) is 162 Å². The molecule has 1 aliphatic heterocycles. The number of phenols is 1. The normalized spacial score (nSPS) is 31.7. The van der Waals surface area contributed by atoms with Gasteiger partial charge in [0.1, 0.15) is 5.75 Å². The van der Waals surface area contributed by atoms with Crippen LogP contribution >= 0.6 is 0 Å². The summed E-state index contributed by atoms with van der Waals surface area (Å²) < 4.78 is 0. The summed E-state index contributed by atoms with van der Waals surface area (Å²) in [7, 11) is 6.92. The SMILES string of the molecule is CC(C)C1CCN(Cc2cc(O)c3c(c2N(C)C)C[C@H]2C[C@H]4[C@H](N(C)C)C(=O)C(C(N)=O)C(=O)[C@@]4(O)C(=O)C2C3=O)CC1. The molecule has 3 fully saturated rings. The lowest BCUT2D eigenvalue weighted by atomic mass is 9.52. The fraction of sp³-hybridized carbons (Fsp3) is 0.656. The largest absolute Gasteiger partial charge is 0.507 e. The number of rotatable bonds is 6. The van der Waals surface area contributed by atoms with Crippen LogP contribution in [0.3, 0.4) is 0 Å². The molecular weight excluding hydrogens is 552 g/mol. The lowest BCUT2D eigenvalue weighted by Crippen LogP contribution is -2.74. The zero-order valence-corrected chi connectivity index (χ0v) is 25.9. The van der Waals surface area contributed by atoms with E-state index < -0.39 is 64.4 Å². The Labute approximate surface area is 252 Å². The molecule has 3 aliphatic carbocycles. The number of anilines is 1. The number of Topliss-reactive ketones (excluding diaryl/α,β-unsaturated/α-hetero) is 4. The van der Waals surface area contributed by atoms with Gasteiger partial charge in [0.2, 0.25) is 5.91 Å². The van der Waals surface area contributed by atoms with Crippen molar-refractivity contribution >= 4 is 34.7 Å². The number of aromatic hydroxyl groups is 1. The molecule has 6 atom stereocenters. The van der Waals surface area contributed by atoms with Gasteiger partial charge in [0.15, 0.2) is 34.7 Å². The minimum atomic E-state index is -2.72. The Kier molecular flexibility index (Phi) is 8.07. The molecular formula is C32H44N4O7. The van der Waals surface area contributed by atoms with Crippen LogP contribution in [0, 0.1) is 35.5 Å². The first-order chi connectivity index (χ1) is 20.1. The fourth-order valence-corrected chi connectivity index (χ4v) is 8.42. The lowest BCUT2D eigenvalue weighted by molar-refractivity contribution is -0.181. The van der Waals surface area contributed by atoms with Crippen molar-refractivity contribution in [3.05, 3.63) is 22.8 Å². The van der Waals surface area contributed by atoms with E-state index in [9.17, 15) is 34.2 Å². The number of piperidine rings is 1. The molecule has 1 amide bonds. The summed E-state index contributed by atoms with van der Waals surface area (Å²) in [6.45, 7) is 6.98. The number of ketones is 4. The van der Waals surface area contributed by atoms with Gasteiger partial charge in [-0.2, -0.15) is 0 Å². The molecule has 5 rings (SSSR count). The van der Waals surface area contributed by atoms with Crippen molar-refractivity contribution in [2.75, 3.05) is 46.2 Å². The maximum atomic E-state index is 14.1. The predicted molar refractivity (Wildman–Crippen MR) is 159 cm³/mol. The van der Waals surface area contributed by atoms with E-state index in [1.54, 1.807) is 20.2 Å². The Morgan fingerprint density at radius 1 is 1.09 bits per heavy atom. The molecule has 2 unspecified atom stereocenters. The fourth-order valence-electron chi connectivity index (χ4n) is 8.42. The van der Waals surface area contributed by atoms with Crippen LogP contribution in [0.15, 0.2) is 6.07 Å². The Hall–Kier alpha value is -3.15. The monoisotopic (exact) mass is 596 g/mol. The number of nitrogens with zero attached hydrogens (tertiary/aromatic N) is 3.